The summed E-state index contributed by atoms with van der Waals surface area (Å²) in [7, 11) is 1.30. The van der Waals surface area contributed by atoms with Crippen molar-refractivity contribution in [3.05, 3.63) is 41.2 Å². The highest BCUT2D eigenvalue weighted by Crippen LogP contribution is 2.73. The summed E-state index contributed by atoms with van der Waals surface area (Å²) in [5.74, 6) is 3.05. The number of carbonyl (C=O) groups excluding carboxylic acids is 1. The maximum atomic E-state index is 14.9. The third kappa shape index (κ3) is 5.67. The number of hydrogen-bond donors (Lipinski definition) is 0. The van der Waals surface area contributed by atoms with Crippen LogP contribution >= 0.6 is 0 Å². The fourth-order valence-electron chi connectivity index (χ4n) is 11.6. The van der Waals surface area contributed by atoms with Crippen molar-refractivity contribution >= 4 is 11.5 Å². The molecule has 43 heavy (non-hydrogen) atoms. The molecule has 0 N–H and O–H groups in total. The predicted molar refractivity (Wildman–Crippen MR) is 179 cm³/mol. The molecular formula is C40H63FO2. The molecule has 8 atom stereocenters. The van der Waals surface area contributed by atoms with Gasteiger partial charge in [0, 0.05) is 0 Å². The van der Waals surface area contributed by atoms with Gasteiger partial charge in [-0.1, -0.05) is 93.7 Å². The van der Waals surface area contributed by atoms with E-state index >= 15 is 0 Å². The third-order valence-electron chi connectivity index (χ3n) is 13.7. The Morgan fingerprint density at radius 1 is 0.860 bits per heavy atom. The number of fused-ring (bicyclic) bond motifs is 7. The highest BCUT2D eigenvalue weighted by atomic mass is 19.1. The normalized spacial score (nSPS) is 38.8. The fourth-order valence-corrected chi connectivity index (χ4v) is 11.6. The lowest BCUT2D eigenvalue weighted by atomic mass is 9.36. The van der Waals surface area contributed by atoms with Gasteiger partial charge in [0.05, 0.1) is 12.7 Å². The van der Waals surface area contributed by atoms with E-state index in [4.69, 9.17) is 4.74 Å². The minimum Gasteiger partial charge on any atom is -0.465 e. The van der Waals surface area contributed by atoms with Gasteiger partial charge in [0.15, 0.2) is 0 Å². The first-order valence-corrected chi connectivity index (χ1v) is 18.0. The largest absolute Gasteiger partial charge is 0.465 e. The smallest absolute Gasteiger partial charge is 0.340 e. The Morgan fingerprint density at radius 3 is 2.19 bits per heavy atom. The number of unbranched alkanes of at least 4 members (excludes halogenated alkanes) is 1. The molecule has 0 aromatic heterocycles. The van der Waals surface area contributed by atoms with Gasteiger partial charge >= 0.3 is 5.97 Å². The van der Waals surface area contributed by atoms with E-state index in [9.17, 15) is 9.18 Å². The van der Waals surface area contributed by atoms with Crippen LogP contribution in [0.1, 0.15) is 155 Å². The molecule has 2 nitrogen and oxygen atoms in total. The van der Waals surface area contributed by atoms with E-state index in [0.717, 1.165) is 35.7 Å². The molecule has 0 spiro atoms. The van der Waals surface area contributed by atoms with Crippen molar-refractivity contribution in [2.75, 3.05) is 7.11 Å². The van der Waals surface area contributed by atoms with Crippen LogP contribution in [0.15, 0.2) is 24.3 Å². The molecule has 0 amide bonds. The van der Waals surface area contributed by atoms with Crippen LogP contribution in [-0.4, -0.2) is 13.1 Å². The SMILES string of the molecule is CC.CCCC.COC(=O)c1ccc(C2=CC[C@@]3(C)C(CC[C@@]4(C)C5CC[C@@]6(C)CCC[C@@H]6[C@H]5CCC43)C2(C)C)cc1F. The molecule has 5 aliphatic carbocycles. The van der Waals surface area contributed by atoms with Gasteiger partial charge in [-0.15, -0.1) is 0 Å². The van der Waals surface area contributed by atoms with E-state index in [1.165, 1.54) is 83.3 Å². The molecule has 0 heterocycles. The number of methoxy groups -OCH3 is 1. The van der Waals surface area contributed by atoms with Crippen LogP contribution in [0.5, 0.6) is 0 Å². The predicted octanol–water partition coefficient (Wildman–Crippen LogP) is 11.9. The molecule has 1 aromatic rings. The summed E-state index contributed by atoms with van der Waals surface area (Å²) in [4.78, 5) is 11.9. The van der Waals surface area contributed by atoms with Crippen molar-refractivity contribution in [2.45, 2.75) is 139 Å². The van der Waals surface area contributed by atoms with Crippen LogP contribution < -0.4 is 0 Å². The first-order chi connectivity index (χ1) is 20.4. The van der Waals surface area contributed by atoms with E-state index in [-0.39, 0.29) is 16.4 Å². The van der Waals surface area contributed by atoms with E-state index in [1.807, 2.05) is 19.9 Å². The Bertz CT molecular complexity index is 1170. The van der Waals surface area contributed by atoms with E-state index < -0.39 is 11.8 Å². The van der Waals surface area contributed by atoms with Gasteiger partial charge in [-0.3, -0.25) is 0 Å². The maximum absolute atomic E-state index is 14.9. The van der Waals surface area contributed by atoms with Gasteiger partial charge in [-0.2, -0.15) is 0 Å². The average molecular weight is 595 g/mol. The van der Waals surface area contributed by atoms with E-state index in [2.05, 4.69) is 54.5 Å². The Hall–Kier alpha value is -1.64. The highest BCUT2D eigenvalue weighted by molar-refractivity contribution is 5.90. The lowest BCUT2D eigenvalue weighted by Gasteiger charge is -2.68. The molecule has 5 aliphatic rings. The molecule has 0 saturated heterocycles. The monoisotopic (exact) mass is 594 g/mol. The van der Waals surface area contributed by atoms with Crippen LogP contribution in [0, 0.1) is 57.1 Å². The highest BCUT2D eigenvalue weighted by Gasteiger charge is 2.64. The van der Waals surface area contributed by atoms with Gasteiger partial charge in [0.2, 0.25) is 0 Å². The first-order valence-electron chi connectivity index (χ1n) is 18.0. The summed E-state index contributed by atoms with van der Waals surface area (Å²) in [6.07, 6.45) is 18.9. The van der Waals surface area contributed by atoms with Crippen LogP contribution in [0.3, 0.4) is 0 Å². The number of carbonyl (C=O) groups is 1. The molecule has 4 saturated carbocycles. The Morgan fingerprint density at radius 2 is 1.56 bits per heavy atom. The molecule has 4 fully saturated rings. The Balaban J connectivity index is 0.000000653. The van der Waals surface area contributed by atoms with Gasteiger partial charge in [0.25, 0.3) is 0 Å². The van der Waals surface area contributed by atoms with E-state index in [0.29, 0.717) is 16.7 Å². The summed E-state index contributed by atoms with van der Waals surface area (Å²) in [6.45, 7) is 21.1. The minimum absolute atomic E-state index is 0.0151. The molecule has 6 rings (SSSR count). The fraction of sp³-hybridized carbons (Fsp3) is 0.775. The van der Waals surface area contributed by atoms with Crippen LogP contribution in [0.2, 0.25) is 0 Å². The van der Waals surface area contributed by atoms with Crippen molar-refractivity contribution < 1.29 is 13.9 Å². The van der Waals surface area contributed by atoms with Gasteiger partial charge in [-0.25, -0.2) is 9.18 Å². The Kier molecular flexibility index (Phi) is 10.3. The molecule has 3 heteroatoms. The number of benzene rings is 1. The molecule has 0 aliphatic heterocycles. The second kappa shape index (κ2) is 13.0. The standard InChI is InChI=1S/C34H47FO2.C4H10.C2H6/c1-31(2)24(21-9-10-23(27(35)20-21)30(36)37-6)14-18-34(5)28(31)15-19-33(4)26-13-17-32(3)16-7-8-25(32)22(26)11-12-29(33)34;1-3-4-2;1-2/h9-10,14,20,22,25-26,28-29H,7-8,11-13,15-19H2,1-6H3;3-4H2,1-2H3;1-2H3/t22-,25-,26?,28?,29?,32-,33+,34+;;/m1../s1. The second-order valence-corrected chi connectivity index (χ2v) is 15.9. The third-order valence-corrected chi connectivity index (χ3v) is 13.7. The van der Waals surface area contributed by atoms with Crippen molar-refractivity contribution in [1.29, 1.82) is 0 Å². The van der Waals surface area contributed by atoms with Crippen molar-refractivity contribution in [3.8, 4) is 0 Å². The summed E-state index contributed by atoms with van der Waals surface area (Å²) in [5.41, 5.74) is 3.50. The number of rotatable bonds is 3. The summed E-state index contributed by atoms with van der Waals surface area (Å²) in [6, 6.07) is 5.08. The molecule has 3 unspecified atom stereocenters. The van der Waals surface area contributed by atoms with Gasteiger partial charge < -0.3 is 4.74 Å². The molecule has 1 aromatic carbocycles. The second-order valence-electron chi connectivity index (χ2n) is 15.9. The molecule has 0 radical (unpaired) electrons. The van der Waals surface area contributed by atoms with Gasteiger partial charge in [-0.05, 0) is 132 Å². The molecule has 242 valence electrons. The quantitative estimate of drug-likeness (QED) is 0.325. The summed E-state index contributed by atoms with van der Waals surface area (Å²) < 4.78 is 19.7. The zero-order valence-corrected chi connectivity index (χ0v) is 29.4. The van der Waals surface area contributed by atoms with Crippen molar-refractivity contribution in [2.24, 2.45) is 51.2 Å². The maximum Gasteiger partial charge on any atom is 0.340 e. The zero-order valence-electron chi connectivity index (χ0n) is 29.4. The van der Waals surface area contributed by atoms with Gasteiger partial charge in [0.1, 0.15) is 5.82 Å². The first kappa shape index (κ1) is 34.2. The number of ether oxygens (including phenoxy) is 1. The summed E-state index contributed by atoms with van der Waals surface area (Å²) in [5, 5.41) is 0. The minimum atomic E-state index is -0.615. The van der Waals surface area contributed by atoms with Crippen LogP contribution in [0.4, 0.5) is 4.39 Å². The van der Waals surface area contributed by atoms with E-state index in [1.54, 1.807) is 12.1 Å². The number of halogens is 1. The lowest BCUT2D eigenvalue weighted by Crippen LogP contribution is -2.60. The molecule has 0 bridgehead atoms. The summed E-state index contributed by atoms with van der Waals surface area (Å²) >= 11 is 0. The lowest BCUT2D eigenvalue weighted by molar-refractivity contribution is -0.176. The Labute approximate surface area is 264 Å². The van der Waals surface area contributed by atoms with Crippen molar-refractivity contribution in [1.82, 2.24) is 0 Å². The topological polar surface area (TPSA) is 26.3 Å². The molecular weight excluding hydrogens is 531 g/mol. The zero-order chi connectivity index (χ0) is 31.8. The number of esters is 1. The number of allylic oxidation sites excluding steroid dienone is 2. The van der Waals surface area contributed by atoms with Crippen LogP contribution in [-0.2, 0) is 4.74 Å². The van der Waals surface area contributed by atoms with Crippen LogP contribution in [0.25, 0.3) is 5.57 Å². The van der Waals surface area contributed by atoms with Crippen molar-refractivity contribution in [3.63, 3.8) is 0 Å². The number of hydrogen-bond acceptors (Lipinski definition) is 2. The average Bonchev–Trinajstić information content (AvgIpc) is 3.39.